The van der Waals surface area contributed by atoms with Crippen LogP contribution >= 0.6 is 0 Å². The lowest BCUT2D eigenvalue weighted by Gasteiger charge is -2.21. The largest absolute Gasteiger partial charge is 0.443 e. The summed E-state index contributed by atoms with van der Waals surface area (Å²) < 4.78 is 85.1. The van der Waals surface area contributed by atoms with Crippen molar-refractivity contribution in [2.24, 2.45) is 0 Å². The van der Waals surface area contributed by atoms with E-state index in [1.165, 1.54) is 36.5 Å². The van der Waals surface area contributed by atoms with Crippen LogP contribution in [-0.4, -0.2) is 41.1 Å². The van der Waals surface area contributed by atoms with Crippen molar-refractivity contribution in [1.82, 2.24) is 14.3 Å². The monoisotopic (exact) mass is 547 g/mol. The number of halogens is 4. The van der Waals surface area contributed by atoms with Gasteiger partial charge in [0.1, 0.15) is 11.4 Å². The zero-order chi connectivity index (χ0) is 27.1. The number of hydrogen-bond donors (Lipinski definition) is 0. The van der Waals surface area contributed by atoms with Crippen LogP contribution in [0, 0.1) is 5.82 Å². The Bertz CT molecular complexity index is 1600. The number of fused-ring (bicyclic) bond motifs is 1. The molecule has 1 aromatic carbocycles. The molecule has 0 spiro atoms. The average molecular weight is 548 g/mol. The number of alkyl halides is 3. The minimum Gasteiger partial charge on any atom is -0.443 e. The third-order valence-corrected chi connectivity index (χ3v) is 8.20. The van der Waals surface area contributed by atoms with Crippen LogP contribution in [0.5, 0.6) is 0 Å². The van der Waals surface area contributed by atoms with Crippen LogP contribution in [0.3, 0.4) is 0 Å². The molecule has 4 heterocycles. The molecular formula is C26H21F4N3O4S. The van der Waals surface area contributed by atoms with Crippen LogP contribution < -0.4 is 0 Å². The standard InChI is InChI=1S/C26H21F4N3O4S/c27-19-5-8-24-17(13-19)14-25(37-24)38(35,36)33-11-1-2-22(33)23(34)7-3-16-9-10-31-21(12-16)20-6-4-18(15-32-20)26(28,29)30/h4-6,8-10,12-15,22H,1-3,7,11H2. The number of ketones is 1. The Hall–Kier alpha value is -3.64. The summed E-state index contributed by atoms with van der Waals surface area (Å²) in [5, 5.41) is -0.0395. The molecule has 1 unspecified atom stereocenters. The lowest BCUT2D eigenvalue weighted by Crippen LogP contribution is -2.40. The Kier molecular flexibility index (Phi) is 6.78. The van der Waals surface area contributed by atoms with Crippen LogP contribution in [0.2, 0.25) is 0 Å². The van der Waals surface area contributed by atoms with Gasteiger partial charge in [-0.25, -0.2) is 12.8 Å². The molecule has 1 atom stereocenters. The number of furan rings is 1. The van der Waals surface area contributed by atoms with Gasteiger partial charge in [-0.2, -0.15) is 17.5 Å². The number of Topliss-reactive ketones (excluding diaryl/α,β-unsaturated/α-hetero) is 1. The lowest BCUT2D eigenvalue weighted by molar-refractivity contribution is -0.137. The van der Waals surface area contributed by atoms with Crippen LogP contribution in [0.15, 0.2) is 70.4 Å². The Morgan fingerprint density at radius 2 is 1.87 bits per heavy atom. The third kappa shape index (κ3) is 5.18. The summed E-state index contributed by atoms with van der Waals surface area (Å²) in [5.41, 5.74) is 0.675. The van der Waals surface area contributed by atoms with Crippen molar-refractivity contribution in [3.63, 3.8) is 0 Å². The number of carbonyl (C=O) groups is 1. The zero-order valence-corrected chi connectivity index (χ0v) is 20.6. The van der Waals surface area contributed by atoms with Gasteiger partial charge >= 0.3 is 6.18 Å². The van der Waals surface area contributed by atoms with Gasteiger partial charge in [0.15, 0.2) is 5.78 Å². The molecule has 0 radical (unpaired) electrons. The van der Waals surface area contributed by atoms with Gasteiger partial charge < -0.3 is 4.42 Å². The van der Waals surface area contributed by atoms with Crippen molar-refractivity contribution in [3.05, 3.63) is 77.9 Å². The quantitative estimate of drug-likeness (QED) is 0.288. The van der Waals surface area contributed by atoms with E-state index in [4.69, 9.17) is 4.42 Å². The molecule has 1 aliphatic rings. The maximum Gasteiger partial charge on any atom is 0.417 e. The van der Waals surface area contributed by atoms with Crippen LogP contribution in [0.4, 0.5) is 17.6 Å². The van der Waals surface area contributed by atoms with E-state index >= 15 is 0 Å². The van der Waals surface area contributed by atoms with Crippen molar-refractivity contribution in [1.29, 1.82) is 0 Å². The fraction of sp³-hybridized carbons (Fsp3) is 0.269. The second-order valence-electron chi connectivity index (χ2n) is 8.97. The van der Waals surface area contributed by atoms with Gasteiger partial charge in [0.2, 0.25) is 5.09 Å². The molecule has 1 fully saturated rings. The minimum atomic E-state index is -4.49. The van der Waals surface area contributed by atoms with Crippen molar-refractivity contribution in [2.45, 2.75) is 43.0 Å². The maximum atomic E-state index is 13.5. The third-order valence-electron chi connectivity index (χ3n) is 6.43. The Balaban J connectivity index is 1.28. The molecule has 7 nitrogen and oxygen atoms in total. The summed E-state index contributed by atoms with van der Waals surface area (Å²) in [7, 11) is -4.12. The molecule has 0 bridgehead atoms. The van der Waals surface area contributed by atoms with Gasteiger partial charge in [0, 0.05) is 36.8 Å². The van der Waals surface area contributed by atoms with E-state index < -0.39 is 33.6 Å². The predicted octanol–water partition coefficient (Wildman–Crippen LogP) is 5.40. The fourth-order valence-corrected chi connectivity index (χ4v) is 6.13. The average Bonchev–Trinajstić information content (AvgIpc) is 3.55. The number of rotatable bonds is 7. The van der Waals surface area contributed by atoms with E-state index in [-0.39, 0.29) is 41.5 Å². The highest BCUT2D eigenvalue weighted by molar-refractivity contribution is 7.89. The summed E-state index contributed by atoms with van der Waals surface area (Å²) in [6, 6.07) is 9.55. The molecule has 0 amide bonds. The first-order valence-corrected chi connectivity index (χ1v) is 13.2. The summed E-state index contributed by atoms with van der Waals surface area (Å²) in [5.74, 6) is -0.788. The number of aromatic nitrogens is 2. The topological polar surface area (TPSA) is 93.4 Å². The van der Waals surface area contributed by atoms with Crippen molar-refractivity contribution in [2.75, 3.05) is 6.54 Å². The molecule has 4 aromatic rings. The van der Waals surface area contributed by atoms with Crippen molar-refractivity contribution >= 4 is 26.8 Å². The fourth-order valence-electron chi connectivity index (χ4n) is 4.50. The lowest BCUT2D eigenvalue weighted by atomic mass is 10.0. The van der Waals surface area contributed by atoms with Gasteiger partial charge in [-0.3, -0.25) is 14.8 Å². The van der Waals surface area contributed by atoms with E-state index in [1.807, 2.05) is 0 Å². The highest BCUT2D eigenvalue weighted by Gasteiger charge is 2.40. The molecular weight excluding hydrogens is 526 g/mol. The van der Waals surface area contributed by atoms with E-state index in [1.54, 1.807) is 12.1 Å². The highest BCUT2D eigenvalue weighted by atomic mass is 32.2. The highest BCUT2D eigenvalue weighted by Crippen LogP contribution is 2.32. The second-order valence-corrected chi connectivity index (χ2v) is 10.8. The van der Waals surface area contributed by atoms with Gasteiger partial charge in [0.05, 0.1) is 23.0 Å². The van der Waals surface area contributed by atoms with E-state index in [0.29, 0.717) is 29.5 Å². The van der Waals surface area contributed by atoms with Gasteiger partial charge in [-0.05, 0) is 67.3 Å². The van der Waals surface area contributed by atoms with Gasteiger partial charge in [-0.15, -0.1) is 0 Å². The maximum absolute atomic E-state index is 13.5. The first-order valence-electron chi connectivity index (χ1n) is 11.7. The van der Waals surface area contributed by atoms with Crippen LogP contribution in [-0.2, 0) is 27.4 Å². The number of hydrogen-bond acceptors (Lipinski definition) is 6. The predicted molar refractivity (Wildman–Crippen MR) is 129 cm³/mol. The van der Waals surface area contributed by atoms with Crippen LogP contribution in [0.25, 0.3) is 22.4 Å². The van der Waals surface area contributed by atoms with Crippen LogP contribution in [0.1, 0.15) is 30.4 Å². The summed E-state index contributed by atoms with van der Waals surface area (Å²) in [6.07, 6.45) is -1.08. The SMILES string of the molecule is O=C(CCc1ccnc(-c2ccc(C(F)(F)F)cn2)c1)C1CCCN1S(=O)(=O)c1cc2cc(F)ccc2o1. The Morgan fingerprint density at radius 1 is 1.05 bits per heavy atom. The number of pyridine rings is 2. The first-order chi connectivity index (χ1) is 18.0. The molecule has 3 aromatic heterocycles. The minimum absolute atomic E-state index is 0.0475. The van der Waals surface area contributed by atoms with E-state index in [9.17, 15) is 30.8 Å². The zero-order valence-electron chi connectivity index (χ0n) is 19.8. The number of benzene rings is 1. The molecule has 38 heavy (non-hydrogen) atoms. The Morgan fingerprint density at radius 3 is 2.61 bits per heavy atom. The summed E-state index contributed by atoms with van der Waals surface area (Å²) in [4.78, 5) is 21.1. The van der Waals surface area contributed by atoms with E-state index in [0.717, 1.165) is 16.6 Å². The number of sulfonamides is 1. The second kappa shape index (κ2) is 9.91. The molecule has 0 N–H and O–H groups in total. The van der Waals surface area contributed by atoms with Crippen molar-refractivity contribution < 1.29 is 35.2 Å². The number of nitrogens with zero attached hydrogens (tertiary/aromatic N) is 3. The smallest absolute Gasteiger partial charge is 0.417 e. The van der Waals surface area contributed by atoms with Gasteiger partial charge in [0.25, 0.3) is 10.0 Å². The molecule has 1 aliphatic heterocycles. The first kappa shape index (κ1) is 26.0. The normalized spacial score (nSPS) is 16.8. The molecule has 0 saturated carbocycles. The molecule has 5 rings (SSSR count). The summed E-state index contributed by atoms with van der Waals surface area (Å²) in [6.45, 7) is 0.156. The number of aryl methyl sites for hydroxylation is 1. The molecule has 0 aliphatic carbocycles. The number of carbonyl (C=O) groups excluding carboxylic acids is 1. The molecule has 198 valence electrons. The van der Waals surface area contributed by atoms with Crippen molar-refractivity contribution in [3.8, 4) is 11.4 Å². The Labute approximate surface area is 215 Å². The molecule has 1 saturated heterocycles. The summed E-state index contributed by atoms with van der Waals surface area (Å²) >= 11 is 0. The van der Waals surface area contributed by atoms with E-state index in [2.05, 4.69) is 9.97 Å². The van der Waals surface area contributed by atoms with Gasteiger partial charge in [-0.1, -0.05) is 0 Å². The molecule has 12 heteroatoms.